The first-order valence-corrected chi connectivity index (χ1v) is 6.45. The highest BCUT2D eigenvalue weighted by atomic mass is 19.4. The first kappa shape index (κ1) is 14.3. The minimum absolute atomic E-state index is 0.127. The minimum Gasteiger partial charge on any atom is -0.311 e. The fraction of sp³-hybridized carbons (Fsp3) is 0.615. The second-order valence-electron chi connectivity index (χ2n) is 4.85. The van der Waals surface area contributed by atoms with Crippen molar-refractivity contribution in [2.45, 2.75) is 31.6 Å². The molecule has 3 nitrogen and oxygen atoms in total. The monoisotopic (exact) mass is 273 g/mol. The molecule has 1 fully saturated rings. The minimum atomic E-state index is -4.11. The third kappa shape index (κ3) is 5.57. The third-order valence-corrected chi connectivity index (χ3v) is 3.07. The van der Waals surface area contributed by atoms with Gasteiger partial charge in [-0.3, -0.25) is 9.88 Å². The van der Waals surface area contributed by atoms with E-state index in [1.54, 1.807) is 12.4 Å². The van der Waals surface area contributed by atoms with Crippen molar-refractivity contribution in [3.05, 3.63) is 30.1 Å². The van der Waals surface area contributed by atoms with Crippen LogP contribution in [0, 0.1) is 0 Å². The lowest BCUT2D eigenvalue weighted by Crippen LogP contribution is -2.40. The van der Waals surface area contributed by atoms with Crippen molar-refractivity contribution in [2.75, 3.05) is 19.6 Å². The van der Waals surface area contributed by atoms with E-state index in [1.165, 1.54) is 4.90 Å². The Hall–Kier alpha value is -1.14. The van der Waals surface area contributed by atoms with Gasteiger partial charge in [-0.1, -0.05) is 6.07 Å². The molecule has 0 bridgehead atoms. The summed E-state index contributed by atoms with van der Waals surface area (Å²) in [5, 5.41) is 3.15. The SMILES string of the molecule is FC(F)(F)CN(CCNCc1cccnc1)C1CC1. The summed E-state index contributed by atoms with van der Waals surface area (Å²) in [6, 6.07) is 3.91. The van der Waals surface area contributed by atoms with Crippen LogP contribution in [0.4, 0.5) is 13.2 Å². The number of nitrogens with one attached hydrogen (secondary N) is 1. The van der Waals surface area contributed by atoms with Crippen LogP contribution in [0.5, 0.6) is 0 Å². The number of nitrogens with zero attached hydrogens (tertiary/aromatic N) is 2. The zero-order valence-corrected chi connectivity index (χ0v) is 10.7. The number of aromatic nitrogens is 1. The lowest BCUT2D eigenvalue weighted by Gasteiger charge is -2.23. The average Bonchev–Trinajstić information content (AvgIpc) is 3.17. The summed E-state index contributed by atoms with van der Waals surface area (Å²) in [5.41, 5.74) is 1.04. The predicted octanol–water partition coefficient (Wildman–Crippen LogP) is 2.20. The second-order valence-corrected chi connectivity index (χ2v) is 4.85. The fourth-order valence-corrected chi connectivity index (χ4v) is 2.02. The number of halogens is 3. The van der Waals surface area contributed by atoms with Crippen LogP contribution in [0.2, 0.25) is 0 Å². The van der Waals surface area contributed by atoms with Crippen LogP contribution in [0.25, 0.3) is 0 Å². The van der Waals surface area contributed by atoms with Gasteiger partial charge in [-0.2, -0.15) is 13.2 Å². The van der Waals surface area contributed by atoms with E-state index in [1.807, 2.05) is 12.1 Å². The molecule has 1 N–H and O–H groups in total. The molecule has 1 aliphatic rings. The molecule has 2 rings (SSSR count). The number of hydrogen-bond donors (Lipinski definition) is 1. The Morgan fingerprint density at radius 3 is 2.74 bits per heavy atom. The molecule has 0 atom stereocenters. The van der Waals surface area contributed by atoms with Gasteiger partial charge in [0.05, 0.1) is 6.54 Å². The molecule has 6 heteroatoms. The normalized spacial score (nSPS) is 16.0. The van der Waals surface area contributed by atoms with Crippen LogP contribution in [0.15, 0.2) is 24.5 Å². The van der Waals surface area contributed by atoms with E-state index in [-0.39, 0.29) is 6.04 Å². The Morgan fingerprint density at radius 1 is 1.37 bits per heavy atom. The third-order valence-electron chi connectivity index (χ3n) is 3.07. The summed E-state index contributed by atoms with van der Waals surface area (Å²) in [4.78, 5) is 5.51. The van der Waals surface area contributed by atoms with Crippen LogP contribution in [-0.4, -0.2) is 41.7 Å². The molecule has 0 aliphatic heterocycles. The smallest absolute Gasteiger partial charge is 0.311 e. The van der Waals surface area contributed by atoms with Gasteiger partial charge in [0.15, 0.2) is 0 Å². The molecule has 1 aliphatic carbocycles. The standard InChI is InChI=1S/C13H18F3N3/c14-13(15,16)10-19(12-3-4-12)7-6-18-9-11-2-1-5-17-8-11/h1-2,5,8,12,18H,3-4,6-7,9-10H2. The fourth-order valence-electron chi connectivity index (χ4n) is 2.02. The summed E-state index contributed by atoms with van der Waals surface area (Å²) < 4.78 is 37.2. The summed E-state index contributed by atoms with van der Waals surface area (Å²) in [5.74, 6) is 0. The van der Waals surface area contributed by atoms with Crippen LogP contribution in [0.1, 0.15) is 18.4 Å². The molecule has 1 heterocycles. The highest BCUT2D eigenvalue weighted by molar-refractivity contribution is 5.07. The van der Waals surface area contributed by atoms with Gasteiger partial charge in [0.25, 0.3) is 0 Å². The van der Waals surface area contributed by atoms with Gasteiger partial charge in [-0.25, -0.2) is 0 Å². The molecule has 0 radical (unpaired) electrons. The predicted molar refractivity (Wildman–Crippen MR) is 66.6 cm³/mol. The topological polar surface area (TPSA) is 28.2 Å². The molecule has 106 valence electrons. The molecular weight excluding hydrogens is 255 g/mol. The Labute approximate surface area is 110 Å². The van der Waals surface area contributed by atoms with E-state index in [4.69, 9.17) is 0 Å². The highest BCUT2D eigenvalue weighted by Gasteiger charge is 2.37. The quantitative estimate of drug-likeness (QED) is 0.772. The summed E-state index contributed by atoms with van der Waals surface area (Å²) in [6.07, 6.45) is 1.12. The maximum absolute atomic E-state index is 12.4. The van der Waals surface area contributed by atoms with Crippen molar-refractivity contribution in [3.63, 3.8) is 0 Å². The summed E-state index contributed by atoms with van der Waals surface area (Å²) in [6.45, 7) is 0.830. The van der Waals surface area contributed by atoms with E-state index in [0.29, 0.717) is 19.6 Å². The molecule has 0 spiro atoms. The molecule has 0 amide bonds. The van der Waals surface area contributed by atoms with Crippen LogP contribution >= 0.6 is 0 Å². The van der Waals surface area contributed by atoms with Crippen molar-refractivity contribution in [1.82, 2.24) is 15.2 Å². The summed E-state index contributed by atoms with van der Waals surface area (Å²) >= 11 is 0. The van der Waals surface area contributed by atoms with Crippen LogP contribution in [0.3, 0.4) is 0 Å². The molecule has 1 saturated carbocycles. The largest absolute Gasteiger partial charge is 0.401 e. The van der Waals surface area contributed by atoms with Gasteiger partial charge in [-0.15, -0.1) is 0 Å². The van der Waals surface area contributed by atoms with Gasteiger partial charge in [-0.05, 0) is 24.5 Å². The van der Waals surface area contributed by atoms with Gasteiger partial charge < -0.3 is 5.32 Å². The van der Waals surface area contributed by atoms with Crippen molar-refractivity contribution < 1.29 is 13.2 Å². The van der Waals surface area contributed by atoms with E-state index in [9.17, 15) is 13.2 Å². The van der Waals surface area contributed by atoms with Crippen molar-refractivity contribution >= 4 is 0 Å². The van der Waals surface area contributed by atoms with E-state index in [0.717, 1.165) is 18.4 Å². The van der Waals surface area contributed by atoms with Crippen LogP contribution in [-0.2, 0) is 6.54 Å². The number of pyridine rings is 1. The van der Waals surface area contributed by atoms with Crippen molar-refractivity contribution in [3.8, 4) is 0 Å². The van der Waals surface area contributed by atoms with Crippen molar-refractivity contribution in [2.24, 2.45) is 0 Å². The molecule has 0 saturated heterocycles. The Kier molecular flexibility index (Phi) is 4.76. The lowest BCUT2D eigenvalue weighted by atomic mass is 10.3. The molecular formula is C13H18F3N3. The maximum atomic E-state index is 12.4. The highest BCUT2D eigenvalue weighted by Crippen LogP contribution is 2.29. The Morgan fingerprint density at radius 2 is 2.16 bits per heavy atom. The van der Waals surface area contributed by atoms with Gasteiger partial charge in [0.1, 0.15) is 0 Å². The first-order chi connectivity index (χ1) is 9.04. The average molecular weight is 273 g/mol. The van der Waals surface area contributed by atoms with Gasteiger partial charge in [0.2, 0.25) is 0 Å². The molecule has 19 heavy (non-hydrogen) atoms. The maximum Gasteiger partial charge on any atom is 0.401 e. The zero-order valence-electron chi connectivity index (χ0n) is 10.7. The number of rotatable bonds is 7. The van der Waals surface area contributed by atoms with Crippen LogP contribution < -0.4 is 5.32 Å². The van der Waals surface area contributed by atoms with E-state index < -0.39 is 12.7 Å². The second kappa shape index (κ2) is 6.34. The van der Waals surface area contributed by atoms with E-state index in [2.05, 4.69) is 10.3 Å². The molecule has 0 aromatic carbocycles. The molecule has 1 aromatic rings. The number of alkyl halides is 3. The van der Waals surface area contributed by atoms with Crippen molar-refractivity contribution in [1.29, 1.82) is 0 Å². The Bertz CT molecular complexity index is 376. The van der Waals surface area contributed by atoms with E-state index >= 15 is 0 Å². The Balaban J connectivity index is 1.68. The zero-order chi connectivity index (χ0) is 13.7. The van der Waals surface area contributed by atoms with Gasteiger partial charge in [0, 0.05) is 38.1 Å². The molecule has 1 aromatic heterocycles. The van der Waals surface area contributed by atoms with Gasteiger partial charge >= 0.3 is 6.18 Å². The summed E-state index contributed by atoms with van der Waals surface area (Å²) in [7, 11) is 0. The number of hydrogen-bond acceptors (Lipinski definition) is 3. The lowest BCUT2D eigenvalue weighted by molar-refractivity contribution is -0.147. The first-order valence-electron chi connectivity index (χ1n) is 6.45. The molecule has 0 unspecified atom stereocenters.